The van der Waals surface area contributed by atoms with Gasteiger partial charge in [0.25, 0.3) is 11.5 Å². The Morgan fingerprint density at radius 3 is 2.56 bits per heavy atom. The molecule has 1 aliphatic rings. The molecular formula is C24H20FN3O3S. The largest absolute Gasteiger partial charge is 0.378 e. The maximum Gasteiger partial charge on any atom is 0.273 e. The number of thiazole rings is 1. The van der Waals surface area contributed by atoms with E-state index >= 15 is 0 Å². The van der Waals surface area contributed by atoms with Crippen LogP contribution in [0.15, 0.2) is 53.3 Å². The highest BCUT2D eigenvalue weighted by atomic mass is 32.1. The monoisotopic (exact) mass is 449 g/mol. The quantitative estimate of drug-likeness (QED) is 0.610. The molecule has 0 unspecified atom stereocenters. The van der Waals surface area contributed by atoms with Gasteiger partial charge in [-0.2, -0.15) is 5.26 Å². The number of aromatic nitrogens is 1. The van der Waals surface area contributed by atoms with Crippen molar-refractivity contribution in [3.05, 3.63) is 85.0 Å². The van der Waals surface area contributed by atoms with E-state index in [0.717, 1.165) is 22.5 Å². The predicted molar refractivity (Wildman–Crippen MR) is 120 cm³/mol. The predicted octanol–water partition coefficient (Wildman–Crippen LogP) is 1.71. The summed E-state index contributed by atoms with van der Waals surface area (Å²) >= 11 is 1.07. The highest BCUT2D eigenvalue weighted by molar-refractivity contribution is 7.07. The second-order valence-electron chi connectivity index (χ2n) is 7.34. The van der Waals surface area contributed by atoms with Gasteiger partial charge in [0, 0.05) is 13.1 Å². The van der Waals surface area contributed by atoms with Gasteiger partial charge >= 0.3 is 0 Å². The van der Waals surface area contributed by atoms with Crippen molar-refractivity contribution in [2.45, 2.75) is 6.92 Å². The van der Waals surface area contributed by atoms with Gasteiger partial charge in [-0.1, -0.05) is 29.8 Å². The van der Waals surface area contributed by atoms with Gasteiger partial charge in [0.15, 0.2) is 5.57 Å². The summed E-state index contributed by atoms with van der Waals surface area (Å²) < 4.78 is 20.7. The number of nitrogens with zero attached hydrogens (tertiary/aromatic N) is 3. The van der Waals surface area contributed by atoms with Crippen LogP contribution in [0.2, 0.25) is 0 Å². The lowest BCUT2D eigenvalue weighted by molar-refractivity contribution is -0.128. The smallest absolute Gasteiger partial charge is 0.273 e. The van der Waals surface area contributed by atoms with E-state index in [2.05, 4.69) is 0 Å². The molecule has 0 radical (unpaired) electrons. The minimum atomic E-state index is -0.449. The van der Waals surface area contributed by atoms with Gasteiger partial charge in [0.1, 0.15) is 16.5 Å². The first-order valence-electron chi connectivity index (χ1n) is 10.1. The van der Waals surface area contributed by atoms with E-state index in [9.17, 15) is 19.2 Å². The highest BCUT2D eigenvalue weighted by Crippen LogP contribution is 2.09. The molecule has 0 spiro atoms. The Morgan fingerprint density at radius 1 is 1.19 bits per heavy atom. The number of morpholine rings is 1. The molecule has 1 fully saturated rings. The second-order valence-corrected chi connectivity index (χ2v) is 8.37. The lowest BCUT2D eigenvalue weighted by atomic mass is 10.1. The third kappa shape index (κ3) is 4.40. The minimum Gasteiger partial charge on any atom is -0.378 e. The van der Waals surface area contributed by atoms with E-state index in [-0.39, 0.29) is 15.8 Å². The number of rotatable bonds is 3. The SMILES string of the molecule is Cc1cccc(/C=c2\s/c(=C(/C#N)C(=O)N3CCOCC3)n(-c3ccc(F)cc3)c2=O)c1. The summed E-state index contributed by atoms with van der Waals surface area (Å²) in [7, 11) is 0. The molecule has 1 aromatic heterocycles. The normalized spacial score (nSPS) is 15.4. The molecule has 0 saturated carbocycles. The molecule has 0 aliphatic carbocycles. The fourth-order valence-corrected chi connectivity index (χ4v) is 4.59. The van der Waals surface area contributed by atoms with Crippen LogP contribution in [0, 0.1) is 24.1 Å². The zero-order chi connectivity index (χ0) is 22.7. The van der Waals surface area contributed by atoms with Crippen LogP contribution in [0.1, 0.15) is 11.1 Å². The Balaban J connectivity index is 1.99. The van der Waals surface area contributed by atoms with Crippen LogP contribution >= 0.6 is 11.3 Å². The summed E-state index contributed by atoms with van der Waals surface area (Å²) in [5, 5.41) is 9.88. The molecule has 0 atom stereocenters. The third-order valence-electron chi connectivity index (χ3n) is 5.09. The zero-order valence-electron chi connectivity index (χ0n) is 17.4. The van der Waals surface area contributed by atoms with Crippen LogP contribution in [-0.2, 0) is 9.53 Å². The van der Waals surface area contributed by atoms with Crippen molar-refractivity contribution in [1.29, 1.82) is 5.26 Å². The number of aryl methyl sites for hydroxylation is 1. The Morgan fingerprint density at radius 2 is 1.91 bits per heavy atom. The Bertz CT molecular complexity index is 1380. The summed E-state index contributed by atoms with van der Waals surface area (Å²) in [4.78, 5) is 28.0. The summed E-state index contributed by atoms with van der Waals surface area (Å²) in [6.07, 6.45) is 1.73. The maximum atomic E-state index is 13.5. The fraction of sp³-hybridized carbons (Fsp3) is 0.208. The summed E-state index contributed by atoms with van der Waals surface area (Å²) in [6.45, 7) is 3.49. The lowest BCUT2D eigenvalue weighted by Crippen LogP contribution is -2.42. The van der Waals surface area contributed by atoms with Crippen molar-refractivity contribution in [2.24, 2.45) is 0 Å². The van der Waals surface area contributed by atoms with E-state index in [1.165, 1.54) is 28.8 Å². The summed E-state index contributed by atoms with van der Waals surface area (Å²) in [6, 6.07) is 15.1. The number of hydrogen-bond donors (Lipinski definition) is 0. The number of nitriles is 1. The number of amides is 1. The number of halogens is 1. The van der Waals surface area contributed by atoms with Gasteiger partial charge < -0.3 is 9.64 Å². The molecule has 2 aromatic carbocycles. The first-order chi connectivity index (χ1) is 15.5. The van der Waals surface area contributed by atoms with Gasteiger partial charge in [-0.25, -0.2) is 4.39 Å². The molecule has 8 heteroatoms. The van der Waals surface area contributed by atoms with Crippen LogP contribution in [-0.4, -0.2) is 41.7 Å². The molecular weight excluding hydrogens is 429 g/mol. The molecule has 162 valence electrons. The molecule has 3 aromatic rings. The molecule has 1 saturated heterocycles. The maximum absolute atomic E-state index is 13.5. The first kappa shape index (κ1) is 21.7. The summed E-state index contributed by atoms with van der Waals surface area (Å²) in [5.41, 5.74) is 1.76. The van der Waals surface area contributed by atoms with Gasteiger partial charge in [-0.3, -0.25) is 14.2 Å². The number of benzene rings is 2. The Labute approximate surface area is 187 Å². The average molecular weight is 450 g/mol. The minimum absolute atomic E-state index is 0.123. The molecule has 2 heterocycles. The van der Waals surface area contributed by atoms with Crippen LogP contribution in [0.4, 0.5) is 4.39 Å². The van der Waals surface area contributed by atoms with Crippen molar-refractivity contribution in [1.82, 2.24) is 9.47 Å². The van der Waals surface area contributed by atoms with Gasteiger partial charge in [-0.15, -0.1) is 11.3 Å². The van der Waals surface area contributed by atoms with Gasteiger partial charge in [0.2, 0.25) is 0 Å². The standard InChI is InChI=1S/C24H20FN3O3S/c1-16-3-2-4-17(13-16)14-21-23(30)28(19-7-5-18(25)6-8-19)24(32-21)20(15-26)22(29)27-9-11-31-12-10-27/h2-8,13-14H,9-12H2,1H3/b21-14-,24-20-. The number of carbonyl (C=O) groups is 1. The van der Waals surface area contributed by atoms with E-state index in [1.807, 2.05) is 37.3 Å². The van der Waals surface area contributed by atoms with Crippen LogP contribution < -0.4 is 14.8 Å². The Hall–Kier alpha value is -3.54. The zero-order valence-corrected chi connectivity index (χ0v) is 18.2. The summed E-state index contributed by atoms with van der Waals surface area (Å²) in [5.74, 6) is -0.894. The highest BCUT2D eigenvalue weighted by Gasteiger charge is 2.24. The molecule has 6 nitrogen and oxygen atoms in total. The van der Waals surface area contributed by atoms with Crippen molar-refractivity contribution in [3.8, 4) is 11.8 Å². The molecule has 1 amide bonds. The molecule has 0 bridgehead atoms. The van der Waals surface area contributed by atoms with E-state index in [1.54, 1.807) is 11.0 Å². The molecule has 4 rings (SSSR count). The van der Waals surface area contributed by atoms with E-state index in [4.69, 9.17) is 4.74 Å². The van der Waals surface area contributed by atoms with Crippen molar-refractivity contribution in [2.75, 3.05) is 26.3 Å². The van der Waals surface area contributed by atoms with Crippen molar-refractivity contribution < 1.29 is 13.9 Å². The number of ether oxygens (including phenoxy) is 1. The van der Waals surface area contributed by atoms with Gasteiger partial charge in [-0.05, 0) is 42.8 Å². The lowest BCUT2D eigenvalue weighted by Gasteiger charge is -2.26. The van der Waals surface area contributed by atoms with Gasteiger partial charge in [0.05, 0.1) is 23.4 Å². The molecule has 0 N–H and O–H groups in total. The van der Waals surface area contributed by atoms with E-state index < -0.39 is 11.7 Å². The average Bonchev–Trinajstić information content (AvgIpc) is 3.11. The molecule has 1 aliphatic heterocycles. The van der Waals surface area contributed by atoms with Crippen LogP contribution in [0.25, 0.3) is 17.3 Å². The van der Waals surface area contributed by atoms with Crippen LogP contribution in [0.5, 0.6) is 0 Å². The van der Waals surface area contributed by atoms with Crippen molar-refractivity contribution >= 4 is 28.9 Å². The van der Waals surface area contributed by atoms with Crippen molar-refractivity contribution in [3.63, 3.8) is 0 Å². The molecule has 32 heavy (non-hydrogen) atoms. The van der Waals surface area contributed by atoms with Crippen LogP contribution in [0.3, 0.4) is 0 Å². The Kier molecular flexibility index (Phi) is 6.30. The number of carbonyl (C=O) groups excluding carboxylic acids is 1. The topological polar surface area (TPSA) is 75.3 Å². The fourth-order valence-electron chi connectivity index (χ4n) is 3.50. The number of hydrogen-bond acceptors (Lipinski definition) is 5. The second kappa shape index (κ2) is 9.30. The third-order valence-corrected chi connectivity index (χ3v) is 6.18. The first-order valence-corrected chi connectivity index (χ1v) is 10.9. The van der Waals surface area contributed by atoms with E-state index in [0.29, 0.717) is 36.5 Å².